The average Bonchev–Trinajstić information content (AvgIpc) is 2.51. The normalized spacial score (nSPS) is 10.8. The highest BCUT2D eigenvalue weighted by molar-refractivity contribution is 5.93. The fourth-order valence-corrected chi connectivity index (χ4v) is 2.98. The van der Waals surface area contributed by atoms with Crippen molar-refractivity contribution in [3.05, 3.63) is 58.7 Å². The minimum atomic E-state index is -0.0116. The molecule has 1 N–H and O–H groups in total. The highest BCUT2D eigenvalue weighted by atomic mass is 16.5. The first-order valence-electron chi connectivity index (χ1n) is 8.09. The Balaban J connectivity index is 2.00. The summed E-state index contributed by atoms with van der Waals surface area (Å²) in [5, 5.41) is 3.04. The molecule has 0 radical (unpaired) electrons. The lowest BCUT2D eigenvalue weighted by atomic mass is 10.1. The van der Waals surface area contributed by atoms with Crippen LogP contribution < -0.4 is 10.1 Å². The lowest BCUT2D eigenvalue weighted by molar-refractivity contribution is -0.117. The van der Waals surface area contributed by atoms with Gasteiger partial charge in [-0.15, -0.1) is 0 Å². The summed E-state index contributed by atoms with van der Waals surface area (Å²) in [5.41, 5.74) is 5.37. The van der Waals surface area contributed by atoms with Crippen LogP contribution in [0.4, 0.5) is 5.69 Å². The molecule has 0 aliphatic heterocycles. The van der Waals surface area contributed by atoms with E-state index in [0.717, 1.165) is 28.1 Å². The highest BCUT2D eigenvalue weighted by Gasteiger charge is 2.12. The molecule has 2 rings (SSSR count). The second-order valence-electron chi connectivity index (χ2n) is 6.31. The largest absolute Gasteiger partial charge is 0.496 e. The van der Waals surface area contributed by atoms with E-state index in [-0.39, 0.29) is 5.91 Å². The van der Waals surface area contributed by atoms with Gasteiger partial charge in [0.15, 0.2) is 0 Å². The molecule has 24 heavy (non-hydrogen) atoms. The van der Waals surface area contributed by atoms with E-state index in [4.69, 9.17) is 4.74 Å². The number of benzene rings is 2. The van der Waals surface area contributed by atoms with Crippen molar-refractivity contribution in [2.24, 2.45) is 0 Å². The smallest absolute Gasteiger partial charge is 0.238 e. The minimum Gasteiger partial charge on any atom is -0.496 e. The van der Waals surface area contributed by atoms with Gasteiger partial charge in [0.25, 0.3) is 0 Å². The number of methoxy groups -OCH3 is 1. The number of hydrogen-bond donors (Lipinski definition) is 1. The number of nitrogens with zero attached hydrogens (tertiary/aromatic N) is 1. The molecule has 4 heteroatoms. The Kier molecular flexibility index (Phi) is 5.99. The third-order valence-electron chi connectivity index (χ3n) is 3.99. The van der Waals surface area contributed by atoms with Gasteiger partial charge in [-0.2, -0.15) is 0 Å². The molecule has 0 aliphatic carbocycles. The molecule has 0 unspecified atom stereocenters. The van der Waals surface area contributed by atoms with Crippen molar-refractivity contribution in [2.45, 2.75) is 27.3 Å². The van der Waals surface area contributed by atoms with Gasteiger partial charge in [-0.05, 0) is 45.0 Å². The maximum absolute atomic E-state index is 12.4. The molecule has 0 spiro atoms. The van der Waals surface area contributed by atoms with E-state index in [2.05, 4.69) is 24.4 Å². The fraction of sp³-hybridized carbons (Fsp3) is 0.350. The average molecular weight is 326 g/mol. The van der Waals surface area contributed by atoms with Gasteiger partial charge >= 0.3 is 0 Å². The number of carbonyl (C=O) groups is 1. The fourth-order valence-electron chi connectivity index (χ4n) is 2.98. The molecule has 128 valence electrons. The van der Waals surface area contributed by atoms with Crippen LogP contribution in [0.1, 0.15) is 22.3 Å². The van der Waals surface area contributed by atoms with Crippen molar-refractivity contribution in [1.29, 1.82) is 0 Å². The van der Waals surface area contributed by atoms with Crippen LogP contribution >= 0.6 is 0 Å². The van der Waals surface area contributed by atoms with Gasteiger partial charge in [0.05, 0.1) is 13.7 Å². The van der Waals surface area contributed by atoms with Crippen LogP contribution in [0, 0.1) is 20.8 Å². The zero-order chi connectivity index (χ0) is 17.7. The molecule has 0 aromatic heterocycles. The van der Waals surface area contributed by atoms with E-state index in [1.54, 1.807) is 7.11 Å². The van der Waals surface area contributed by atoms with E-state index >= 15 is 0 Å². The van der Waals surface area contributed by atoms with Crippen molar-refractivity contribution in [2.75, 3.05) is 26.0 Å². The quantitative estimate of drug-likeness (QED) is 0.880. The van der Waals surface area contributed by atoms with Gasteiger partial charge < -0.3 is 10.1 Å². The van der Waals surface area contributed by atoms with Gasteiger partial charge in [0, 0.05) is 17.8 Å². The molecule has 0 saturated carbocycles. The Labute approximate surface area is 144 Å². The summed E-state index contributed by atoms with van der Waals surface area (Å²) >= 11 is 0. The number of hydrogen-bond acceptors (Lipinski definition) is 3. The van der Waals surface area contributed by atoms with Gasteiger partial charge in [0.2, 0.25) is 5.91 Å². The number of likely N-dealkylation sites (N-methyl/N-ethyl adjacent to an activating group) is 1. The predicted molar refractivity (Wildman–Crippen MR) is 98.6 cm³/mol. The molecular formula is C20H26N2O2. The number of carbonyl (C=O) groups excluding carboxylic acids is 1. The SMILES string of the molecule is COc1ccccc1CN(C)CC(=O)Nc1c(C)cc(C)cc1C. The molecule has 2 aromatic carbocycles. The standard InChI is InChI=1S/C20H26N2O2/c1-14-10-15(2)20(16(3)11-14)21-19(23)13-22(4)12-17-8-6-7-9-18(17)24-5/h6-11H,12-13H2,1-5H3,(H,21,23). The summed E-state index contributed by atoms with van der Waals surface area (Å²) in [6, 6.07) is 12.0. The maximum atomic E-state index is 12.4. The third-order valence-corrected chi connectivity index (χ3v) is 3.99. The molecule has 0 heterocycles. The number of para-hydroxylation sites is 1. The van der Waals surface area contributed by atoms with Crippen molar-refractivity contribution in [3.63, 3.8) is 0 Å². The first-order valence-corrected chi connectivity index (χ1v) is 8.09. The molecule has 0 aliphatic rings. The van der Waals surface area contributed by atoms with Crippen LogP contribution in [0.2, 0.25) is 0 Å². The Morgan fingerprint density at radius 3 is 2.38 bits per heavy atom. The Morgan fingerprint density at radius 1 is 1.12 bits per heavy atom. The number of amides is 1. The topological polar surface area (TPSA) is 41.6 Å². The van der Waals surface area contributed by atoms with E-state index < -0.39 is 0 Å². The molecule has 0 fully saturated rings. The van der Waals surface area contributed by atoms with Crippen LogP contribution in [0.3, 0.4) is 0 Å². The minimum absolute atomic E-state index is 0.0116. The summed E-state index contributed by atoms with van der Waals surface area (Å²) in [4.78, 5) is 14.4. The lowest BCUT2D eigenvalue weighted by Crippen LogP contribution is -2.30. The van der Waals surface area contributed by atoms with Gasteiger partial charge in [-0.25, -0.2) is 0 Å². The molecular weight excluding hydrogens is 300 g/mol. The first-order chi connectivity index (χ1) is 11.4. The predicted octanol–water partition coefficient (Wildman–Crippen LogP) is 3.69. The Morgan fingerprint density at radius 2 is 1.75 bits per heavy atom. The first kappa shape index (κ1) is 18.0. The lowest BCUT2D eigenvalue weighted by Gasteiger charge is -2.19. The van der Waals surface area contributed by atoms with Crippen LogP contribution in [0.15, 0.2) is 36.4 Å². The number of ether oxygens (including phenoxy) is 1. The number of rotatable bonds is 6. The second-order valence-corrected chi connectivity index (χ2v) is 6.31. The van der Waals surface area contributed by atoms with Crippen molar-refractivity contribution in [3.8, 4) is 5.75 Å². The summed E-state index contributed by atoms with van der Waals surface area (Å²) in [5.74, 6) is 0.831. The third kappa shape index (κ3) is 4.59. The van der Waals surface area contributed by atoms with E-state index in [9.17, 15) is 4.79 Å². The van der Waals surface area contributed by atoms with Crippen LogP contribution in [-0.2, 0) is 11.3 Å². The van der Waals surface area contributed by atoms with Gasteiger partial charge in [-0.3, -0.25) is 9.69 Å². The van der Waals surface area contributed by atoms with Crippen molar-refractivity contribution >= 4 is 11.6 Å². The number of anilines is 1. The maximum Gasteiger partial charge on any atom is 0.238 e. The summed E-state index contributed by atoms with van der Waals surface area (Å²) < 4.78 is 5.36. The summed E-state index contributed by atoms with van der Waals surface area (Å²) in [6.07, 6.45) is 0. The highest BCUT2D eigenvalue weighted by Crippen LogP contribution is 2.22. The van der Waals surface area contributed by atoms with E-state index in [1.165, 1.54) is 5.56 Å². The molecule has 0 atom stereocenters. The molecule has 0 bridgehead atoms. The monoisotopic (exact) mass is 326 g/mol. The van der Waals surface area contributed by atoms with Crippen LogP contribution in [0.25, 0.3) is 0 Å². The molecule has 2 aromatic rings. The van der Waals surface area contributed by atoms with E-state index in [0.29, 0.717) is 13.1 Å². The summed E-state index contributed by atoms with van der Waals surface area (Å²) in [7, 11) is 3.59. The van der Waals surface area contributed by atoms with Crippen molar-refractivity contribution < 1.29 is 9.53 Å². The Bertz CT molecular complexity index is 702. The zero-order valence-electron chi connectivity index (χ0n) is 15.1. The van der Waals surface area contributed by atoms with Gasteiger partial charge in [-0.1, -0.05) is 35.9 Å². The Hall–Kier alpha value is -2.33. The van der Waals surface area contributed by atoms with E-state index in [1.807, 2.05) is 50.1 Å². The molecule has 0 saturated heterocycles. The molecule has 4 nitrogen and oxygen atoms in total. The molecule has 1 amide bonds. The number of aryl methyl sites for hydroxylation is 3. The second kappa shape index (κ2) is 7.97. The van der Waals surface area contributed by atoms with Crippen molar-refractivity contribution in [1.82, 2.24) is 4.90 Å². The van der Waals surface area contributed by atoms with Gasteiger partial charge in [0.1, 0.15) is 5.75 Å². The van der Waals surface area contributed by atoms with Crippen LogP contribution in [-0.4, -0.2) is 31.5 Å². The summed E-state index contributed by atoms with van der Waals surface area (Å²) in [6.45, 7) is 7.09. The number of nitrogens with one attached hydrogen (secondary N) is 1. The van der Waals surface area contributed by atoms with Crippen LogP contribution in [0.5, 0.6) is 5.75 Å². The zero-order valence-corrected chi connectivity index (χ0v) is 15.1.